The van der Waals surface area contributed by atoms with E-state index in [4.69, 9.17) is 0 Å². The van der Waals surface area contributed by atoms with Crippen LogP contribution in [0, 0.1) is 5.82 Å². The SMILES string of the molecule is CS(=O)c1cn(-c2ncc(-c3ccccc3F)cn2)c2cc(C(=O)N3CCC[C@H](O)C3)ccc12. The van der Waals surface area contributed by atoms with Gasteiger partial charge in [-0.25, -0.2) is 14.4 Å². The molecule has 1 aliphatic rings. The first kappa shape index (κ1) is 22.4. The van der Waals surface area contributed by atoms with E-state index >= 15 is 0 Å². The normalized spacial score (nSPS) is 17.1. The molecule has 1 aliphatic heterocycles. The Balaban J connectivity index is 1.56. The van der Waals surface area contributed by atoms with E-state index in [1.807, 2.05) is 0 Å². The largest absolute Gasteiger partial charge is 0.391 e. The van der Waals surface area contributed by atoms with E-state index in [1.165, 1.54) is 6.07 Å². The summed E-state index contributed by atoms with van der Waals surface area (Å²) in [5, 5.41) is 10.7. The number of aromatic nitrogens is 3. The molecule has 2 atom stereocenters. The average molecular weight is 479 g/mol. The molecule has 1 N–H and O–H groups in total. The number of β-amino-alcohol motifs (C(OH)–C–C–N with tert-alkyl or cyclic N) is 1. The first-order valence-corrected chi connectivity index (χ1v) is 12.5. The molecular weight excluding hydrogens is 455 g/mol. The number of nitrogens with zero attached hydrogens (tertiary/aromatic N) is 4. The van der Waals surface area contributed by atoms with E-state index in [2.05, 4.69) is 9.97 Å². The van der Waals surface area contributed by atoms with Gasteiger partial charge in [0.25, 0.3) is 5.91 Å². The fourth-order valence-electron chi connectivity index (χ4n) is 4.33. The zero-order valence-electron chi connectivity index (χ0n) is 18.5. The summed E-state index contributed by atoms with van der Waals surface area (Å²) in [6.45, 7) is 0.905. The fraction of sp³-hybridized carbons (Fsp3) is 0.240. The van der Waals surface area contributed by atoms with Gasteiger partial charge in [-0.2, -0.15) is 0 Å². The van der Waals surface area contributed by atoms with Crippen molar-refractivity contribution in [2.45, 2.75) is 23.8 Å². The molecule has 1 unspecified atom stereocenters. The summed E-state index contributed by atoms with van der Waals surface area (Å²) in [4.78, 5) is 24.2. The lowest BCUT2D eigenvalue weighted by Gasteiger charge is -2.30. The molecule has 0 bridgehead atoms. The Morgan fingerprint density at radius 1 is 1.18 bits per heavy atom. The Labute approximate surface area is 198 Å². The minimum Gasteiger partial charge on any atom is -0.391 e. The van der Waals surface area contributed by atoms with Crippen molar-refractivity contribution in [2.75, 3.05) is 19.3 Å². The van der Waals surface area contributed by atoms with Crippen LogP contribution in [-0.2, 0) is 10.8 Å². The molecule has 7 nitrogen and oxygen atoms in total. The van der Waals surface area contributed by atoms with Gasteiger partial charge in [0.1, 0.15) is 5.82 Å². The van der Waals surface area contributed by atoms with Crippen molar-refractivity contribution in [3.8, 4) is 17.1 Å². The fourth-order valence-corrected chi connectivity index (χ4v) is 5.06. The second-order valence-electron chi connectivity index (χ2n) is 8.35. The Morgan fingerprint density at radius 3 is 2.65 bits per heavy atom. The molecule has 5 rings (SSSR count). The Morgan fingerprint density at radius 2 is 1.94 bits per heavy atom. The molecule has 0 spiro atoms. The van der Waals surface area contributed by atoms with Gasteiger partial charge >= 0.3 is 0 Å². The van der Waals surface area contributed by atoms with Crippen LogP contribution in [0.1, 0.15) is 23.2 Å². The van der Waals surface area contributed by atoms with Gasteiger partial charge < -0.3 is 10.0 Å². The van der Waals surface area contributed by atoms with Crippen molar-refractivity contribution in [1.82, 2.24) is 19.4 Å². The molecule has 0 radical (unpaired) electrons. The molecule has 174 valence electrons. The van der Waals surface area contributed by atoms with Crippen molar-refractivity contribution in [2.24, 2.45) is 0 Å². The number of aliphatic hydroxyl groups excluding tert-OH is 1. The summed E-state index contributed by atoms with van der Waals surface area (Å²) < 4.78 is 28.2. The molecule has 0 aliphatic carbocycles. The van der Waals surface area contributed by atoms with Crippen molar-refractivity contribution in [3.63, 3.8) is 0 Å². The molecule has 2 aromatic carbocycles. The smallest absolute Gasteiger partial charge is 0.254 e. The van der Waals surface area contributed by atoms with Gasteiger partial charge in [0.05, 0.1) is 27.3 Å². The van der Waals surface area contributed by atoms with E-state index in [9.17, 15) is 18.5 Å². The van der Waals surface area contributed by atoms with Crippen LogP contribution < -0.4 is 0 Å². The molecule has 4 aromatic rings. The quantitative estimate of drug-likeness (QED) is 0.485. The predicted octanol–water partition coefficient (Wildman–Crippen LogP) is 3.56. The van der Waals surface area contributed by atoms with Crippen LogP contribution in [0.15, 0.2) is 66.0 Å². The van der Waals surface area contributed by atoms with Crippen molar-refractivity contribution in [3.05, 3.63) is 72.4 Å². The summed E-state index contributed by atoms with van der Waals surface area (Å²) in [6, 6.07) is 11.6. The zero-order valence-corrected chi connectivity index (χ0v) is 19.3. The number of amides is 1. The highest BCUT2D eigenvalue weighted by Gasteiger charge is 2.24. The van der Waals surface area contributed by atoms with Gasteiger partial charge in [0.15, 0.2) is 0 Å². The van der Waals surface area contributed by atoms with Gasteiger partial charge in [0.2, 0.25) is 5.95 Å². The number of likely N-dealkylation sites (tertiary alicyclic amines) is 1. The van der Waals surface area contributed by atoms with E-state index in [-0.39, 0.29) is 11.7 Å². The molecule has 1 saturated heterocycles. The number of hydrogen-bond donors (Lipinski definition) is 1. The van der Waals surface area contributed by atoms with Crippen LogP contribution in [0.2, 0.25) is 0 Å². The summed E-state index contributed by atoms with van der Waals surface area (Å²) in [7, 11) is -1.27. The topological polar surface area (TPSA) is 88.3 Å². The predicted molar refractivity (Wildman–Crippen MR) is 128 cm³/mol. The van der Waals surface area contributed by atoms with Crippen molar-refractivity contribution >= 4 is 27.6 Å². The third-order valence-corrected chi connectivity index (χ3v) is 6.99. The van der Waals surface area contributed by atoms with E-state index < -0.39 is 16.9 Å². The Bertz CT molecular complexity index is 1400. The Kier molecular flexibility index (Phi) is 5.97. The van der Waals surface area contributed by atoms with Crippen LogP contribution in [0.3, 0.4) is 0 Å². The second kappa shape index (κ2) is 9.08. The molecule has 1 fully saturated rings. The number of rotatable bonds is 4. The first-order chi connectivity index (χ1) is 16.4. The van der Waals surface area contributed by atoms with Crippen LogP contribution in [0.4, 0.5) is 4.39 Å². The number of hydrogen-bond acceptors (Lipinski definition) is 5. The van der Waals surface area contributed by atoms with Crippen LogP contribution in [0.25, 0.3) is 28.0 Å². The van der Waals surface area contributed by atoms with Gasteiger partial charge in [-0.1, -0.05) is 24.3 Å². The lowest BCUT2D eigenvalue weighted by Crippen LogP contribution is -2.42. The molecule has 3 heterocycles. The van der Waals surface area contributed by atoms with Gasteiger partial charge in [-0.3, -0.25) is 13.6 Å². The summed E-state index contributed by atoms with van der Waals surface area (Å²) in [5.74, 6) is -0.205. The number of halogens is 1. The minimum atomic E-state index is -1.27. The maximum atomic E-state index is 14.2. The number of carbonyl (C=O) groups excluding carboxylic acids is 1. The standard InChI is InChI=1S/C25H23FN4O3S/c1-34(33)23-15-30(25-27-12-17(13-28-25)19-6-2-3-7-21(19)26)22-11-16(8-9-20(22)23)24(32)29-10-4-5-18(31)14-29/h2-3,6-9,11-13,15,18,31H,4-5,10,14H2,1H3/t18-,34?/m0/s1. The summed E-state index contributed by atoms with van der Waals surface area (Å²) >= 11 is 0. The number of piperidine rings is 1. The van der Waals surface area contributed by atoms with Crippen molar-refractivity contribution in [1.29, 1.82) is 0 Å². The van der Waals surface area contributed by atoms with Crippen molar-refractivity contribution < 1.29 is 18.5 Å². The van der Waals surface area contributed by atoms with Gasteiger partial charge in [-0.15, -0.1) is 0 Å². The molecular formula is C25H23FN4O3S. The minimum absolute atomic E-state index is 0.164. The maximum absolute atomic E-state index is 14.2. The Hall–Kier alpha value is -3.43. The van der Waals surface area contributed by atoms with E-state index in [1.54, 1.807) is 70.7 Å². The van der Waals surface area contributed by atoms with Gasteiger partial charge in [0, 0.05) is 60.0 Å². The zero-order chi connectivity index (χ0) is 23.8. The first-order valence-electron chi connectivity index (χ1n) is 11.0. The monoisotopic (exact) mass is 478 g/mol. The molecule has 34 heavy (non-hydrogen) atoms. The highest BCUT2D eigenvalue weighted by atomic mass is 32.2. The number of carbonyl (C=O) groups is 1. The second-order valence-corrected chi connectivity index (χ2v) is 9.70. The van der Waals surface area contributed by atoms with Crippen LogP contribution in [0.5, 0.6) is 0 Å². The lowest BCUT2D eigenvalue weighted by molar-refractivity contribution is 0.0474. The highest BCUT2D eigenvalue weighted by molar-refractivity contribution is 7.84. The maximum Gasteiger partial charge on any atom is 0.254 e. The molecule has 0 saturated carbocycles. The molecule has 2 aromatic heterocycles. The summed E-state index contributed by atoms with van der Waals surface area (Å²) in [6.07, 6.45) is 7.32. The lowest BCUT2D eigenvalue weighted by atomic mass is 10.1. The average Bonchev–Trinajstić information content (AvgIpc) is 3.23. The highest BCUT2D eigenvalue weighted by Crippen LogP contribution is 2.29. The third kappa shape index (κ3) is 4.12. The van der Waals surface area contributed by atoms with Gasteiger partial charge in [-0.05, 0) is 31.0 Å². The summed E-state index contributed by atoms with van der Waals surface area (Å²) in [5.41, 5.74) is 2.06. The number of benzene rings is 2. The molecule has 9 heteroatoms. The number of fused-ring (bicyclic) bond motifs is 1. The van der Waals surface area contributed by atoms with Crippen LogP contribution in [-0.4, -0.2) is 60.1 Å². The van der Waals surface area contributed by atoms with E-state index in [0.29, 0.717) is 52.6 Å². The van der Waals surface area contributed by atoms with Crippen LogP contribution >= 0.6 is 0 Å². The third-order valence-electron chi connectivity index (χ3n) is 6.05. The number of aliphatic hydroxyl groups is 1. The van der Waals surface area contributed by atoms with E-state index in [0.717, 1.165) is 11.8 Å². The molecule has 1 amide bonds.